The van der Waals surface area contributed by atoms with Crippen LogP contribution >= 0.6 is 24.0 Å². The number of methoxy groups -OCH3 is 1. The van der Waals surface area contributed by atoms with E-state index in [1.54, 1.807) is 13.4 Å². The molecule has 1 heterocycles. The Bertz CT molecular complexity index is 369. The van der Waals surface area contributed by atoms with Gasteiger partial charge < -0.3 is 19.8 Å². The molecule has 122 valence electrons. The fraction of sp³-hybridized carbons (Fsp3) is 0.667. The van der Waals surface area contributed by atoms with Crippen LogP contribution in [0.25, 0.3) is 0 Å². The van der Waals surface area contributed by atoms with Crippen molar-refractivity contribution >= 4 is 29.9 Å². The molecule has 0 saturated heterocycles. The van der Waals surface area contributed by atoms with Crippen molar-refractivity contribution < 1.29 is 9.15 Å². The number of hydrogen-bond acceptors (Lipinski definition) is 3. The van der Waals surface area contributed by atoms with Crippen LogP contribution in [-0.4, -0.2) is 38.8 Å². The Morgan fingerprint density at radius 3 is 2.90 bits per heavy atom. The molecule has 0 aliphatic rings. The summed E-state index contributed by atoms with van der Waals surface area (Å²) < 4.78 is 10.3. The number of rotatable bonds is 9. The molecule has 0 fully saturated rings. The van der Waals surface area contributed by atoms with Gasteiger partial charge in [0.15, 0.2) is 5.96 Å². The van der Waals surface area contributed by atoms with E-state index in [2.05, 4.69) is 29.5 Å². The number of hydrogen-bond donors (Lipinski definition) is 2. The number of furan rings is 1. The van der Waals surface area contributed by atoms with E-state index < -0.39 is 0 Å². The summed E-state index contributed by atoms with van der Waals surface area (Å²) in [7, 11) is 1.71. The van der Waals surface area contributed by atoms with E-state index in [-0.39, 0.29) is 24.0 Å². The van der Waals surface area contributed by atoms with Crippen molar-refractivity contribution in [3.8, 4) is 0 Å². The van der Waals surface area contributed by atoms with Gasteiger partial charge in [-0.05, 0) is 31.9 Å². The summed E-state index contributed by atoms with van der Waals surface area (Å²) in [5.41, 5.74) is 0. The van der Waals surface area contributed by atoms with Crippen LogP contribution in [0.2, 0.25) is 0 Å². The molecule has 2 N–H and O–H groups in total. The minimum atomic E-state index is 0. The zero-order valence-corrected chi connectivity index (χ0v) is 15.6. The number of aliphatic imine (C=N–C) groups is 1. The van der Waals surface area contributed by atoms with Crippen LogP contribution in [-0.2, 0) is 11.2 Å². The fourth-order valence-electron chi connectivity index (χ4n) is 1.65. The van der Waals surface area contributed by atoms with E-state index in [0.29, 0.717) is 6.04 Å². The summed E-state index contributed by atoms with van der Waals surface area (Å²) in [4.78, 5) is 4.55. The molecule has 0 aliphatic carbocycles. The monoisotopic (exact) mass is 409 g/mol. The minimum Gasteiger partial charge on any atom is -0.469 e. The lowest BCUT2D eigenvalue weighted by Gasteiger charge is -2.16. The maximum absolute atomic E-state index is 5.31. The van der Waals surface area contributed by atoms with Crippen LogP contribution in [0.15, 0.2) is 27.8 Å². The standard InChI is InChI=1S/C15H27N3O2.HI/c1-4-13(2)18-15(16-9-6-11-19-3)17-10-8-14-7-5-12-20-14;/h5,7,12-13H,4,6,8-11H2,1-3H3,(H2,16,17,18);1H. The van der Waals surface area contributed by atoms with Crippen LogP contribution in [0.4, 0.5) is 0 Å². The zero-order valence-electron chi connectivity index (χ0n) is 13.2. The van der Waals surface area contributed by atoms with E-state index in [9.17, 15) is 0 Å². The smallest absolute Gasteiger partial charge is 0.191 e. The molecule has 6 heteroatoms. The highest BCUT2D eigenvalue weighted by Gasteiger charge is 2.03. The highest BCUT2D eigenvalue weighted by atomic mass is 127. The highest BCUT2D eigenvalue weighted by Crippen LogP contribution is 1.99. The minimum absolute atomic E-state index is 0. The van der Waals surface area contributed by atoms with Crippen LogP contribution in [0.1, 0.15) is 32.4 Å². The van der Waals surface area contributed by atoms with Gasteiger partial charge in [0.05, 0.1) is 6.26 Å². The molecule has 1 atom stereocenters. The summed E-state index contributed by atoms with van der Waals surface area (Å²) in [5, 5.41) is 6.73. The van der Waals surface area contributed by atoms with Gasteiger partial charge in [0.1, 0.15) is 5.76 Å². The van der Waals surface area contributed by atoms with Crippen molar-refractivity contribution in [2.45, 2.75) is 39.2 Å². The lowest BCUT2D eigenvalue weighted by atomic mass is 10.3. The Morgan fingerprint density at radius 2 is 2.29 bits per heavy atom. The number of halogens is 1. The first-order valence-corrected chi connectivity index (χ1v) is 7.32. The second-order valence-corrected chi connectivity index (χ2v) is 4.79. The Morgan fingerprint density at radius 1 is 1.48 bits per heavy atom. The summed E-state index contributed by atoms with van der Waals surface area (Å²) in [5.74, 6) is 1.85. The second-order valence-electron chi connectivity index (χ2n) is 4.79. The molecule has 0 spiro atoms. The second kappa shape index (κ2) is 12.9. The number of nitrogens with one attached hydrogen (secondary N) is 2. The van der Waals surface area contributed by atoms with Crippen LogP contribution in [0.5, 0.6) is 0 Å². The molecule has 1 unspecified atom stereocenters. The van der Waals surface area contributed by atoms with Gasteiger partial charge in [-0.3, -0.25) is 4.99 Å². The van der Waals surface area contributed by atoms with Gasteiger partial charge in [-0.1, -0.05) is 6.92 Å². The maximum Gasteiger partial charge on any atom is 0.191 e. The maximum atomic E-state index is 5.31. The molecule has 0 bridgehead atoms. The molecule has 21 heavy (non-hydrogen) atoms. The normalized spacial score (nSPS) is 12.6. The molecule has 0 radical (unpaired) electrons. The van der Waals surface area contributed by atoms with Gasteiger partial charge in [-0.25, -0.2) is 0 Å². The molecule has 1 aromatic rings. The SMILES string of the molecule is CCC(C)NC(=NCCCOC)NCCc1ccco1.I. The van der Waals surface area contributed by atoms with Crippen molar-refractivity contribution in [3.05, 3.63) is 24.2 Å². The third-order valence-corrected chi connectivity index (χ3v) is 3.02. The van der Waals surface area contributed by atoms with Crippen LogP contribution in [0.3, 0.4) is 0 Å². The first-order valence-electron chi connectivity index (χ1n) is 7.32. The molecule has 1 rings (SSSR count). The molecule has 0 amide bonds. The van der Waals surface area contributed by atoms with Gasteiger partial charge in [0.25, 0.3) is 0 Å². The third kappa shape index (κ3) is 9.73. The zero-order chi connectivity index (χ0) is 14.6. The number of guanidine groups is 1. The van der Waals surface area contributed by atoms with Crippen molar-refractivity contribution in [3.63, 3.8) is 0 Å². The molecule has 5 nitrogen and oxygen atoms in total. The van der Waals surface area contributed by atoms with E-state index in [1.165, 1.54) is 0 Å². The van der Waals surface area contributed by atoms with Gasteiger partial charge in [0, 0.05) is 39.3 Å². The summed E-state index contributed by atoms with van der Waals surface area (Å²) in [6, 6.07) is 4.30. The fourth-order valence-corrected chi connectivity index (χ4v) is 1.65. The molecular weight excluding hydrogens is 381 g/mol. The van der Waals surface area contributed by atoms with E-state index in [1.807, 2.05) is 12.1 Å². The van der Waals surface area contributed by atoms with Gasteiger partial charge in [0.2, 0.25) is 0 Å². The van der Waals surface area contributed by atoms with Crippen molar-refractivity contribution in [2.24, 2.45) is 4.99 Å². The Kier molecular flexibility index (Phi) is 12.5. The average molecular weight is 409 g/mol. The van der Waals surface area contributed by atoms with Crippen LogP contribution in [0, 0.1) is 0 Å². The molecule has 0 aromatic carbocycles. The first-order chi connectivity index (χ1) is 9.76. The highest BCUT2D eigenvalue weighted by molar-refractivity contribution is 14.0. The predicted octanol–water partition coefficient (Wildman–Crippen LogP) is 2.81. The largest absolute Gasteiger partial charge is 0.469 e. The Balaban J connectivity index is 0.00000400. The Labute approximate surface area is 144 Å². The van der Waals surface area contributed by atoms with E-state index in [4.69, 9.17) is 9.15 Å². The quantitative estimate of drug-likeness (QED) is 0.285. The summed E-state index contributed by atoms with van der Waals surface area (Å²) >= 11 is 0. The van der Waals surface area contributed by atoms with E-state index in [0.717, 1.165) is 50.7 Å². The van der Waals surface area contributed by atoms with Crippen molar-refractivity contribution in [1.29, 1.82) is 0 Å². The van der Waals surface area contributed by atoms with Crippen molar-refractivity contribution in [2.75, 3.05) is 26.8 Å². The lowest BCUT2D eigenvalue weighted by molar-refractivity contribution is 0.197. The number of nitrogens with zero attached hydrogens (tertiary/aromatic N) is 1. The van der Waals surface area contributed by atoms with E-state index >= 15 is 0 Å². The van der Waals surface area contributed by atoms with Gasteiger partial charge in [-0.15, -0.1) is 24.0 Å². The van der Waals surface area contributed by atoms with Crippen LogP contribution < -0.4 is 10.6 Å². The number of ether oxygens (including phenoxy) is 1. The predicted molar refractivity (Wildman–Crippen MR) is 97.5 cm³/mol. The first kappa shape index (κ1) is 20.2. The Hall–Kier alpha value is -0.760. The van der Waals surface area contributed by atoms with Gasteiger partial charge >= 0.3 is 0 Å². The average Bonchev–Trinajstić information content (AvgIpc) is 2.96. The third-order valence-electron chi connectivity index (χ3n) is 3.02. The topological polar surface area (TPSA) is 58.8 Å². The summed E-state index contributed by atoms with van der Waals surface area (Å²) in [6.07, 6.45) is 4.55. The van der Waals surface area contributed by atoms with Crippen molar-refractivity contribution in [1.82, 2.24) is 10.6 Å². The molecular formula is C15H28IN3O2. The summed E-state index contributed by atoms with van der Waals surface area (Å²) in [6.45, 7) is 6.62. The molecule has 1 aromatic heterocycles. The lowest BCUT2D eigenvalue weighted by Crippen LogP contribution is -2.42. The molecule has 0 saturated carbocycles. The molecule has 0 aliphatic heterocycles. The van der Waals surface area contributed by atoms with Gasteiger partial charge in [-0.2, -0.15) is 0 Å².